The number of amides is 2. The van der Waals surface area contributed by atoms with Crippen LogP contribution in [-0.4, -0.2) is 62.5 Å². The highest BCUT2D eigenvalue weighted by atomic mass is 16.6. The van der Waals surface area contributed by atoms with E-state index >= 15 is 0 Å². The van der Waals surface area contributed by atoms with Gasteiger partial charge in [0.05, 0.1) is 23.6 Å². The number of carbonyl (C=O) groups excluding carboxylic acids is 2. The second-order valence-electron chi connectivity index (χ2n) is 8.00. The number of aryl methyl sites for hydroxylation is 1. The van der Waals surface area contributed by atoms with E-state index in [9.17, 15) is 9.59 Å². The average Bonchev–Trinajstić information content (AvgIpc) is 3.27. The molecule has 1 aliphatic rings. The Balaban J connectivity index is 1.46. The lowest BCUT2D eigenvalue weighted by Crippen LogP contribution is -2.41. The Hall–Kier alpha value is -3.68. The molecule has 2 heterocycles. The average molecular weight is 434 g/mol. The van der Waals surface area contributed by atoms with Crippen LogP contribution in [0.15, 0.2) is 60.9 Å². The SMILES string of the molecule is Cc1ccc(-n2nccn2)c(C(=O)N2CCN(C(=O)OCc3ccccc3)CCC2C)c1. The molecule has 0 bridgehead atoms. The maximum absolute atomic E-state index is 13.5. The lowest BCUT2D eigenvalue weighted by molar-refractivity contribution is 0.0693. The zero-order valence-corrected chi connectivity index (χ0v) is 18.3. The summed E-state index contributed by atoms with van der Waals surface area (Å²) in [7, 11) is 0. The van der Waals surface area contributed by atoms with E-state index in [4.69, 9.17) is 4.74 Å². The van der Waals surface area contributed by atoms with Gasteiger partial charge in [-0.2, -0.15) is 15.0 Å². The van der Waals surface area contributed by atoms with Crippen LogP contribution in [0.2, 0.25) is 0 Å². The molecule has 1 fully saturated rings. The number of ether oxygens (including phenoxy) is 1. The predicted octanol–water partition coefficient (Wildman–Crippen LogP) is 3.45. The first kappa shape index (κ1) is 21.5. The van der Waals surface area contributed by atoms with Gasteiger partial charge in [0.2, 0.25) is 0 Å². The Morgan fingerprint density at radius 3 is 2.53 bits per heavy atom. The van der Waals surface area contributed by atoms with Gasteiger partial charge in [0.25, 0.3) is 5.91 Å². The van der Waals surface area contributed by atoms with Crippen molar-refractivity contribution in [2.24, 2.45) is 0 Å². The van der Waals surface area contributed by atoms with Crippen LogP contribution in [0.4, 0.5) is 4.79 Å². The molecule has 8 nitrogen and oxygen atoms in total. The summed E-state index contributed by atoms with van der Waals surface area (Å²) in [6.07, 6.45) is 3.49. The molecule has 0 N–H and O–H groups in total. The topological polar surface area (TPSA) is 80.6 Å². The van der Waals surface area contributed by atoms with Crippen LogP contribution in [0.3, 0.4) is 0 Å². The lowest BCUT2D eigenvalue weighted by Gasteiger charge is -2.27. The number of carbonyl (C=O) groups is 2. The van der Waals surface area contributed by atoms with Gasteiger partial charge in [0.1, 0.15) is 6.61 Å². The van der Waals surface area contributed by atoms with Crippen LogP contribution >= 0.6 is 0 Å². The quantitative estimate of drug-likeness (QED) is 0.630. The van der Waals surface area contributed by atoms with E-state index in [-0.39, 0.29) is 24.6 Å². The molecule has 3 aromatic rings. The van der Waals surface area contributed by atoms with E-state index in [1.165, 1.54) is 4.80 Å². The van der Waals surface area contributed by atoms with Gasteiger partial charge in [-0.15, -0.1) is 0 Å². The molecular weight excluding hydrogens is 406 g/mol. The molecule has 0 aliphatic carbocycles. The third kappa shape index (κ3) is 4.80. The standard InChI is InChI=1S/C24H27N5O3/c1-18-8-9-22(29-25-11-12-26-29)21(16-18)23(30)28-15-14-27(13-10-19(28)2)24(31)32-17-20-6-4-3-5-7-20/h3-9,11-12,16,19H,10,13-15,17H2,1-2H3. The minimum atomic E-state index is -0.354. The van der Waals surface area contributed by atoms with Crippen LogP contribution < -0.4 is 0 Å². The molecule has 0 spiro atoms. The van der Waals surface area contributed by atoms with E-state index in [1.54, 1.807) is 17.3 Å². The first-order valence-corrected chi connectivity index (χ1v) is 10.8. The molecule has 1 saturated heterocycles. The Labute approximate surface area is 187 Å². The number of hydrogen-bond donors (Lipinski definition) is 0. The summed E-state index contributed by atoms with van der Waals surface area (Å²) >= 11 is 0. The maximum atomic E-state index is 13.5. The van der Waals surface area contributed by atoms with E-state index in [1.807, 2.05) is 67.3 Å². The summed E-state index contributed by atoms with van der Waals surface area (Å²) in [5, 5.41) is 8.38. The summed E-state index contributed by atoms with van der Waals surface area (Å²) in [4.78, 5) is 31.1. The molecule has 4 rings (SSSR count). The zero-order chi connectivity index (χ0) is 22.5. The van der Waals surface area contributed by atoms with Gasteiger partial charge in [-0.05, 0) is 38.0 Å². The fraction of sp³-hybridized carbons (Fsp3) is 0.333. The van der Waals surface area contributed by atoms with Crippen molar-refractivity contribution in [1.29, 1.82) is 0 Å². The minimum absolute atomic E-state index is 0.0200. The zero-order valence-electron chi connectivity index (χ0n) is 18.3. The molecule has 0 saturated carbocycles. The Bertz CT molecular complexity index is 1070. The molecule has 32 heavy (non-hydrogen) atoms. The summed E-state index contributed by atoms with van der Waals surface area (Å²) < 4.78 is 5.49. The molecule has 0 radical (unpaired) electrons. The second-order valence-corrected chi connectivity index (χ2v) is 8.00. The van der Waals surface area contributed by atoms with Crippen LogP contribution in [-0.2, 0) is 11.3 Å². The van der Waals surface area contributed by atoms with Gasteiger partial charge >= 0.3 is 6.09 Å². The number of aromatic nitrogens is 3. The first-order valence-electron chi connectivity index (χ1n) is 10.8. The molecule has 166 valence electrons. The third-order valence-corrected chi connectivity index (χ3v) is 5.70. The predicted molar refractivity (Wildman–Crippen MR) is 119 cm³/mol. The number of rotatable bonds is 4. The number of nitrogens with zero attached hydrogens (tertiary/aromatic N) is 5. The monoisotopic (exact) mass is 433 g/mol. The largest absolute Gasteiger partial charge is 0.445 e. The highest BCUT2D eigenvalue weighted by Crippen LogP contribution is 2.21. The maximum Gasteiger partial charge on any atom is 0.410 e. The summed E-state index contributed by atoms with van der Waals surface area (Å²) in [5.41, 5.74) is 3.12. The molecule has 1 atom stereocenters. The molecule has 2 amide bonds. The summed E-state index contributed by atoms with van der Waals surface area (Å²) in [6.45, 7) is 5.59. The molecule has 1 aromatic heterocycles. The summed E-state index contributed by atoms with van der Waals surface area (Å²) in [5.74, 6) is -0.0898. The van der Waals surface area contributed by atoms with Crippen molar-refractivity contribution in [3.05, 3.63) is 77.6 Å². The van der Waals surface area contributed by atoms with E-state index in [0.29, 0.717) is 37.3 Å². The van der Waals surface area contributed by atoms with Crippen LogP contribution in [0, 0.1) is 6.92 Å². The smallest absolute Gasteiger partial charge is 0.410 e. The van der Waals surface area contributed by atoms with Crippen molar-refractivity contribution in [1.82, 2.24) is 24.8 Å². The Morgan fingerprint density at radius 2 is 1.78 bits per heavy atom. The van der Waals surface area contributed by atoms with E-state index in [0.717, 1.165) is 11.1 Å². The van der Waals surface area contributed by atoms with Crippen molar-refractivity contribution < 1.29 is 14.3 Å². The van der Waals surface area contributed by atoms with Crippen molar-refractivity contribution in [3.8, 4) is 5.69 Å². The fourth-order valence-electron chi connectivity index (χ4n) is 3.84. The van der Waals surface area contributed by atoms with Crippen molar-refractivity contribution >= 4 is 12.0 Å². The van der Waals surface area contributed by atoms with Gasteiger partial charge in [-0.3, -0.25) is 4.79 Å². The van der Waals surface area contributed by atoms with E-state index in [2.05, 4.69) is 10.2 Å². The Morgan fingerprint density at radius 1 is 1.03 bits per heavy atom. The van der Waals surface area contributed by atoms with Crippen molar-refractivity contribution in [3.63, 3.8) is 0 Å². The Kier molecular flexibility index (Phi) is 6.49. The lowest BCUT2D eigenvalue weighted by atomic mass is 10.1. The normalized spacial score (nSPS) is 16.5. The van der Waals surface area contributed by atoms with E-state index < -0.39 is 0 Å². The van der Waals surface area contributed by atoms with Gasteiger partial charge in [0.15, 0.2) is 0 Å². The fourth-order valence-corrected chi connectivity index (χ4v) is 3.84. The number of hydrogen-bond acceptors (Lipinski definition) is 5. The number of benzene rings is 2. The highest BCUT2D eigenvalue weighted by molar-refractivity contribution is 5.98. The van der Waals surface area contributed by atoms with Crippen LogP contribution in [0.5, 0.6) is 0 Å². The van der Waals surface area contributed by atoms with Gasteiger partial charge < -0.3 is 14.5 Å². The first-order chi connectivity index (χ1) is 15.5. The molecule has 1 unspecified atom stereocenters. The molecule has 8 heteroatoms. The molecule has 2 aromatic carbocycles. The molecule has 1 aliphatic heterocycles. The van der Waals surface area contributed by atoms with Gasteiger partial charge in [-0.25, -0.2) is 4.79 Å². The highest BCUT2D eigenvalue weighted by Gasteiger charge is 2.29. The summed E-state index contributed by atoms with van der Waals surface area (Å²) in [6, 6.07) is 15.2. The van der Waals surface area contributed by atoms with Crippen molar-refractivity contribution in [2.75, 3.05) is 19.6 Å². The van der Waals surface area contributed by atoms with Gasteiger partial charge in [-0.1, -0.05) is 42.0 Å². The second kappa shape index (κ2) is 9.64. The minimum Gasteiger partial charge on any atom is -0.445 e. The third-order valence-electron chi connectivity index (χ3n) is 5.70. The van der Waals surface area contributed by atoms with Crippen LogP contribution in [0.1, 0.15) is 34.8 Å². The molecular formula is C24H27N5O3. The van der Waals surface area contributed by atoms with Crippen molar-refractivity contribution in [2.45, 2.75) is 32.9 Å². The van der Waals surface area contributed by atoms with Crippen LogP contribution in [0.25, 0.3) is 5.69 Å². The van der Waals surface area contributed by atoms with Gasteiger partial charge in [0, 0.05) is 25.7 Å².